The Hall–Kier alpha value is -2.34. The van der Waals surface area contributed by atoms with Gasteiger partial charge in [0.1, 0.15) is 0 Å². The Morgan fingerprint density at radius 3 is 2.70 bits per heavy atom. The number of sulfonamides is 1. The van der Waals surface area contributed by atoms with Gasteiger partial charge < -0.3 is 5.32 Å². The van der Waals surface area contributed by atoms with Crippen molar-refractivity contribution in [3.05, 3.63) is 59.9 Å². The summed E-state index contributed by atoms with van der Waals surface area (Å²) in [5.74, 6) is 0.433. The minimum atomic E-state index is -3.62. The number of benzene rings is 1. The summed E-state index contributed by atoms with van der Waals surface area (Å²) < 4.78 is 27.7. The summed E-state index contributed by atoms with van der Waals surface area (Å²) in [6.45, 7) is 0.375. The highest BCUT2D eigenvalue weighted by Gasteiger charge is 2.40. The van der Waals surface area contributed by atoms with Crippen molar-refractivity contribution in [2.24, 2.45) is 5.92 Å². The smallest absolute Gasteiger partial charge is 0.240 e. The summed E-state index contributed by atoms with van der Waals surface area (Å²) in [5, 5.41) is 12.1. The van der Waals surface area contributed by atoms with E-state index in [0.717, 1.165) is 42.7 Å². The molecule has 158 valence electrons. The SMILES string of the molecule is CNC(=S)C1(c2cccnc2)CCC(CCNS(=O)(=O)c2cccc(C#N)c2)CC1. The Labute approximate surface area is 183 Å². The molecular formula is C22H26N4O2S2. The third-order valence-electron chi connectivity index (χ3n) is 5.95. The van der Waals surface area contributed by atoms with E-state index < -0.39 is 10.0 Å². The summed E-state index contributed by atoms with van der Waals surface area (Å²) in [6, 6.07) is 12.1. The largest absolute Gasteiger partial charge is 0.382 e. The van der Waals surface area contributed by atoms with Gasteiger partial charge in [-0.1, -0.05) is 24.4 Å². The van der Waals surface area contributed by atoms with Crippen LogP contribution < -0.4 is 10.0 Å². The lowest BCUT2D eigenvalue weighted by Gasteiger charge is -2.41. The maximum Gasteiger partial charge on any atom is 0.240 e. The van der Waals surface area contributed by atoms with Gasteiger partial charge in [-0.15, -0.1) is 0 Å². The molecule has 2 N–H and O–H groups in total. The van der Waals surface area contributed by atoms with Gasteiger partial charge in [-0.25, -0.2) is 13.1 Å². The molecular weight excluding hydrogens is 416 g/mol. The van der Waals surface area contributed by atoms with Crippen LogP contribution in [-0.4, -0.2) is 32.0 Å². The van der Waals surface area contributed by atoms with Crippen LogP contribution in [0.15, 0.2) is 53.7 Å². The van der Waals surface area contributed by atoms with Gasteiger partial charge in [-0.3, -0.25) is 4.98 Å². The van der Waals surface area contributed by atoms with E-state index in [4.69, 9.17) is 17.5 Å². The molecule has 0 atom stereocenters. The number of pyridine rings is 1. The van der Waals surface area contributed by atoms with E-state index in [1.807, 2.05) is 25.4 Å². The third kappa shape index (κ3) is 4.86. The number of aromatic nitrogens is 1. The van der Waals surface area contributed by atoms with Crippen molar-refractivity contribution in [3.63, 3.8) is 0 Å². The highest BCUT2D eigenvalue weighted by Crippen LogP contribution is 2.43. The highest BCUT2D eigenvalue weighted by molar-refractivity contribution is 7.89. The van der Waals surface area contributed by atoms with E-state index in [-0.39, 0.29) is 10.3 Å². The van der Waals surface area contributed by atoms with Gasteiger partial charge in [0.05, 0.1) is 21.5 Å². The van der Waals surface area contributed by atoms with E-state index in [1.54, 1.807) is 18.3 Å². The van der Waals surface area contributed by atoms with Gasteiger partial charge in [0.15, 0.2) is 0 Å². The quantitative estimate of drug-likeness (QED) is 0.639. The zero-order valence-corrected chi connectivity index (χ0v) is 18.6. The third-order valence-corrected chi connectivity index (χ3v) is 8.01. The van der Waals surface area contributed by atoms with Crippen LogP contribution in [-0.2, 0) is 15.4 Å². The van der Waals surface area contributed by atoms with Crippen molar-refractivity contribution in [1.82, 2.24) is 15.0 Å². The first kappa shape index (κ1) is 22.3. The lowest BCUT2D eigenvalue weighted by molar-refractivity contribution is 0.275. The topological polar surface area (TPSA) is 94.9 Å². The molecule has 0 saturated heterocycles. The number of thiocarbonyl (C=S) groups is 1. The Balaban J connectivity index is 1.59. The van der Waals surface area contributed by atoms with Crippen molar-refractivity contribution >= 4 is 27.2 Å². The fraction of sp³-hybridized carbons (Fsp3) is 0.409. The first-order valence-corrected chi connectivity index (χ1v) is 11.9. The zero-order chi connectivity index (χ0) is 21.6. The molecule has 1 aromatic heterocycles. The molecule has 3 rings (SSSR count). The predicted molar refractivity (Wildman–Crippen MR) is 120 cm³/mol. The molecule has 1 aliphatic carbocycles. The fourth-order valence-electron chi connectivity index (χ4n) is 4.20. The van der Waals surface area contributed by atoms with Crippen LogP contribution in [0, 0.1) is 17.2 Å². The highest BCUT2D eigenvalue weighted by atomic mass is 32.2. The Kier molecular flexibility index (Phi) is 7.19. The van der Waals surface area contributed by atoms with E-state index in [0.29, 0.717) is 18.0 Å². The molecule has 8 heteroatoms. The van der Waals surface area contributed by atoms with Gasteiger partial charge >= 0.3 is 0 Å². The van der Waals surface area contributed by atoms with Crippen LogP contribution in [0.5, 0.6) is 0 Å². The molecule has 0 amide bonds. The van der Waals surface area contributed by atoms with Gasteiger partial charge in [0.2, 0.25) is 10.0 Å². The Morgan fingerprint density at radius 1 is 1.30 bits per heavy atom. The molecule has 1 heterocycles. The van der Waals surface area contributed by atoms with Crippen LogP contribution in [0.3, 0.4) is 0 Å². The lowest BCUT2D eigenvalue weighted by atomic mass is 9.66. The zero-order valence-electron chi connectivity index (χ0n) is 17.0. The summed E-state index contributed by atoms with van der Waals surface area (Å²) in [7, 11) is -1.75. The van der Waals surface area contributed by atoms with E-state index in [9.17, 15) is 8.42 Å². The molecule has 0 bridgehead atoms. The summed E-state index contributed by atoms with van der Waals surface area (Å²) in [5.41, 5.74) is 1.27. The average molecular weight is 443 g/mol. The van der Waals surface area contributed by atoms with Crippen LogP contribution in [0.2, 0.25) is 0 Å². The molecule has 6 nitrogen and oxygen atoms in total. The minimum absolute atomic E-state index is 0.125. The number of nitrogens with one attached hydrogen (secondary N) is 2. The van der Waals surface area contributed by atoms with Crippen LogP contribution in [0.25, 0.3) is 0 Å². The molecule has 2 aromatic rings. The number of likely N-dealkylation sites (N-methyl/N-ethyl adjacent to an activating group) is 1. The van der Waals surface area contributed by atoms with Crippen molar-refractivity contribution in [2.75, 3.05) is 13.6 Å². The van der Waals surface area contributed by atoms with Crippen molar-refractivity contribution in [3.8, 4) is 6.07 Å². The molecule has 0 aliphatic heterocycles. The van der Waals surface area contributed by atoms with Crippen LogP contribution >= 0.6 is 12.2 Å². The van der Waals surface area contributed by atoms with Gasteiger partial charge in [0, 0.05) is 31.4 Å². The second kappa shape index (κ2) is 9.65. The molecule has 1 saturated carbocycles. The van der Waals surface area contributed by atoms with Crippen molar-refractivity contribution < 1.29 is 8.42 Å². The molecule has 1 aromatic carbocycles. The summed E-state index contributed by atoms with van der Waals surface area (Å²) >= 11 is 5.67. The molecule has 30 heavy (non-hydrogen) atoms. The average Bonchev–Trinajstić information content (AvgIpc) is 2.79. The van der Waals surface area contributed by atoms with Crippen molar-refractivity contribution in [1.29, 1.82) is 5.26 Å². The van der Waals surface area contributed by atoms with E-state index in [1.165, 1.54) is 12.1 Å². The van der Waals surface area contributed by atoms with Crippen molar-refractivity contribution in [2.45, 2.75) is 42.4 Å². The molecule has 0 unspecified atom stereocenters. The maximum atomic E-state index is 12.5. The Bertz CT molecular complexity index is 1020. The maximum absolute atomic E-state index is 12.5. The van der Waals surface area contributed by atoms with E-state index in [2.05, 4.69) is 21.1 Å². The first-order chi connectivity index (χ1) is 14.4. The fourth-order valence-corrected chi connectivity index (χ4v) is 5.62. The molecule has 1 fully saturated rings. The number of hydrogen-bond donors (Lipinski definition) is 2. The monoisotopic (exact) mass is 442 g/mol. The van der Waals surface area contributed by atoms with Crippen LogP contribution in [0.4, 0.5) is 0 Å². The predicted octanol–water partition coefficient (Wildman–Crippen LogP) is 3.30. The molecule has 0 radical (unpaired) electrons. The first-order valence-electron chi connectivity index (χ1n) is 10.0. The van der Waals surface area contributed by atoms with Gasteiger partial charge in [-0.05, 0) is 67.9 Å². The molecule has 0 spiro atoms. The van der Waals surface area contributed by atoms with Gasteiger partial charge in [-0.2, -0.15) is 5.26 Å². The van der Waals surface area contributed by atoms with E-state index >= 15 is 0 Å². The minimum Gasteiger partial charge on any atom is -0.382 e. The number of hydrogen-bond acceptors (Lipinski definition) is 5. The number of nitrogens with zero attached hydrogens (tertiary/aromatic N) is 2. The molecule has 1 aliphatic rings. The second-order valence-electron chi connectivity index (χ2n) is 7.67. The van der Waals surface area contributed by atoms with Crippen LogP contribution in [0.1, 0.15) is 43.2 Å². The second-order valence-corrected chi connectivity index (χ2v) is 9.85. The number of nitriles is 1. The lowest BCUT2D eigenvalue weighted by Crippen LogP contribution is -2.44. The Morgan fingerprint density at radius 2 is 2.07 bits per heavy atom. The normalized spacial score (nSPS) is 21.5. The summed E-state index contributed by atoms with van der Waals surface area (Å²) in [4.78, 5) is 5.24. The van der Waals surface area contributed by atoms with Gasteiger partial charge in [0.25, 0.3) is 0 Å². The number of rotatable bonds is 7. The summed E-state index contributed by atoms with van der Waals surface area (Å²) in [6.07, 6.45) is 8.22. The standard InChI is InChI=1S/C22H26N4O2S2/c1-24-21(29)22(19-5-3-12-25-16-19)10-7-17(8-11-22)9-13-26-30(27,28)20-6-2-4-18(14-20)15-23/h2-6,12,14,16-17,26H,7-11,13H2,1H3,(H,24,29).